The summed E-state index contributed by atoms with van der Waals surface area (Å²) in [5.74, 6) is -1.01. The Morgan fingerprint density at radius 3 is 2.22 bits per heavy atom. The maximum absolute atomic E-state index is 11.8. The van der Waals surface area contributed by atoms with Gasteiger partial charge in [0.25, 0.3) is 0 Å². The molecule has 0 amide bonds. The van der Waals surface area contributed by atoms with E-state index in [0.29, 0.717) is 10.4 Å². The van der Waals surface area contributed by atoms with Gasteiger partial charge in [0.15, 0.2) is 6.21 Å². The topological polar surface area (TPSA) is 63.4 Å². The highest BCUT2D eigenvalue weighted by Crippen LogP contribution is 2.12. The van der Waals surface area contributed by atoms with Crippen LogP contribution in [0.15, 0.2) is 54.6 Å². The van der Waals surface area contributed by atoms with E-state index in [2.05, 4.69) is 0 Å². The molecule has 18 heavy (non-hydrogen) atoms. The molecule has 0 aliphatic rings. The summed E-state index contributed by atoms with van der Waals surface area (Å²) in [6.07, 6.45) is 1.44. The third-order valence-electron chi connectivity index (χ3n) is 2.43. The maximum atomic E-state index is 11.8. The van der Waals surface area contributed by atoms with E-state index in [1.807, 2.05) is 30.3 Å². The zero-order valence-electron chi connectivity index (χ0n) is 9.48. The van der Waals surface area contributed by atoms with Crippen molar-refractivity contribution in [3.63, 3.8) is 0 Å². The lowest BCUT2D eigenvalue weighted by Gasteiger charge is -2.03. The second-order valence-electron chi connectivity index (χ2n) is 3.72. The Hall–Kier alpha value is -2.62. The lowest BCUT2D eigenvalue weighted by Crippen LogP contribution is -2.00. The van der Waals surface area contributed by atoms with Crippen molar-refractivity contribution in [2.75, 3.05) is 0 Å². The highest BCUT2D eigenvalue weighted by Gasteiger charge is 2.05. The number of benzene rings is 2. The molecule has 0 saturated heterocycles. The Kier molecular flexibility index (Phi) is 3.38. The van der Waals surface area contributed by atoms with E-state index >= 15 is 0 Å². The zero-order valence-corrected chi connectivity index (χ0v) is 9.48. The first-order valence-electron chi connectivity index (χ1n) is 5.36. The molecule has 2 rings (SSSR count). The van der Waals surface area contributed by atoms with Gasteiger partial charge in [-0.05, 0) is 24.3 Å². The van der Waals surface area contributed by atoms with Crippen LogP contribution in [0.2, 0.25) is 0 Å². The number of hydrogen-bond acceptors (Lipinski definition) is 2. The van der Waals surface area contributed by atoms with E-state index in [1.165, 1.54) is 30.5 Å². The lowest BCUT2D eigenvalue weighted by molar-refractivity contribution is -0.354. The summed E-state index contributed by atoms with van der Waals surface area (Å²) in [7, 11) is 0. The fraction of sp³-hybridized carbons (Fsp3) is 0. The fourth-order valence-electron chi connectivity index (χ4n) is 1.50. The van der Waals surface area contributed by atoms with Crippen molar-refractivity contribution in [3.05, 3.63) is 70.9 Å². The summed E-state index contributed by atoms with van der Waals surface area (Å²) in [6, 6.07) is 15.0. The minimum atomic E-state index is -1.01. The highest BCUT2D eigenvalue weighted by atomic mass is 16.5. The van der Waals surface area contributed by atoms with Crippen molar-refractivity contribution in [2.24, 2.45) is 0 Å². The SMILES string of the molecule is O=C(O)c1ccc([N+]([O-])=Cc2ccccc2)cc1. The zero-order chi connectivity index (χ0) is 13.0. The normalized spacial score (nSPS) is 11.2. The molecule has 90 valence electrons. The standard InChI is InChI=1S/C14H11NO3/c16-14(17)12-6-8-13(9-7-12)15(18)10-11-4-2-1-3-5-11/h1-10H,(H,16,17). The van der Waals surface area contributed by atoms with E-state index in [1.54, 1.807) is 0 Å². The van der Waals surface area contributed by atoms with Gasteiger partial charge in [-0.1, -0.05) is 18.2 Å². The molecular weight excluding hydrogens is 230 g/mol. The van der Waals surface area contributed by atoms with Gasteiger partial charge >= 0.3 is 5.97 Å². The molecule has 0 fully saturated rings. The molecule has 0 heterocycles. The summed E-state index contributed by atoms with van der Waals surface area (Å²) in [6.45, 7) is 0. The number of hydrogen-bond donors (Lipinski definition) is 1. The molecule has 2 aromatic carbocycles. The number of rotatable bonds is 3. The third kappa shape index (κ3) is 2.74. The number of carbonyl (C=O) groups is 1. The van der Waals surface area contributed by atoms with Crippen molar-refractivity contribution >= 4 is 17.9 Å². The van der Waals surface area contributed by atoms with Crippen LogP contribution in [0.4, 0.5) is 5.69 Å². The van der Waals surface area contributed by atoms with Gasteiger partial charge in [-0.2, -0.15) is 4.74 Å². The largest absolute Gasteiger partial charge is 0.618 e. The quantitative estimate of drug-likeness (QED) is 0.389. The Morgan fingerprint density at radius 2 is 1.67 bits per heavy atom. The van der Waals surface area contributed by atoms with Crippen molar-refractivity contribution < 1.29 is 14.6 Å². The van der Waals surface area contributed by atoms with Crippen molar-refractivity contribution in [2.45, 2.75) is 0 Å². The molecule has 4 nitrogen and oxygen atoms in total. The second-order valence-corrected chi connectivity index (χ2v) is 3.72. The predicted octanol–water partition coefficient (Wildman–Crippen LogP) is 2.65. The van der Waals surface area contributed by atoms with Crippen LogP contribution in [0.25, 0.3) is 0 Å². The third-order valence-corrected chi connectivity index (χ3v) is 2.43. The van der Waals surface area contributed by atoms with Crippen LogP contribution in [0.1, 0.15) is 15.9 Å². The smallest absolute Gasteiger partial charge is 0.335 e. The molecule has 0 radical (unpaired) electrons. The van der Waals surface area contributed by atoms with E-state index in [-0.39, 0.29) is 5.56 Å². The molecule has 2 aromatic rings. The van der Waals surface area contributed by atoms with Crippen LogP contribution >= 0.6 is 0 Å². The number of carboxylic acids is 1. The highest BCUT2D eigenvalue weighted by molar-refractivity contribution is 5.87. The van der Waals surface area contributed by atoms with Crippen LogP contribution in [0.5, 0.6) is 0 Å². The summed E-state index contributed by atoms with van der Waals surface area (Å²) >= 11 is 0. The first-order valence-corrected chi connectivity index (χ1v) is 5.36. The molecule has 0 unspecified atom stereocenters. The molecule has 1 N–H and O–H groups in total. The van der Waals surface area contributed by atoms with Gasteiger partial charge in [0.2, 0.25) is 5.69 Å². The molecule has 0 aliphatic heterocycles. The van der Waals surface area contributed by atoms with E-state index in [0.717, 1.165) is 5.56 Å². The molecule has 0 aliphatic carbocycles. The molecular formula is C14H11NO3. The summed E-state index contributed by atoms with van der Waals surface area (Å²) < 4.78 is 0.709. The van der Waals surface area contributed by atoms with Gasteiger partial charge in [0, 0.05) is 17.7 Å². The first-order chi connectivity index (χ1) is 8.66. The van der Waals surface area contributed by atoms with E-state index < -0.39 is 5.97 Å². The van der Waals surface area contributed by atoms with Gasteiger partial charge in [0.05, 0.1) is 5.56 Å². The van der Waals surface area contributed by atoms with Crippen molar-refractivity contribution in [1.82, 2.24) is 0 Å². The molecule has 0 saturated carbocycles. The fourth-order valence-corrected chi connectivity index (χ4v) is 1.50. The molecule has 4 heteroatoms. The lowest BCUT2D eigenvalue weighted by atomic mass is 10.2. The summed E-state index contributed by atoms with van der Waals surface area (Å²) in [5, 5.41) is 20.6. The summed E-state index contributed by atoms with van der Waals surface area (Å²) in [4.78, 5) is 10.7. The van der Waals surface area contributed by atoms with E-state index in [4.69, 9.17) is 5.11 Å². The minimum Gasteiger partial charge on any atom is -0.618 e. The first kappa shape index (κ1) is 11.9. The van der Waals surface area contributed by atoms with Gasteiger partial charge < -0.3 is 10.3 Å². The van der Waals surface area contributed by atoms with Gasteiger partial charge in [-0.25, -0.2) is 4.79 Å². The number of nitrogens with zero attached hydrogens (tertiary/aromatic N) is 1. The predicted molar refractivity (Wildman–Crippen MR) is 68.3 cm³/mol. The number of aromatic carboxylic acids is 1. The Bertz CT molecular complexity index is 574. The number of carboxylic acid groups (broad SMARTS) is 1. The van der Waals surface area contributed by atoms with E-state index in [9.17, 15) is 10.0 Å². The van der Waals surface area contributed by atoms with Crippen molar-refractivity contribution in [3.8, 4) is 0 Å². The Balaban J connectivity index is 2.26. The van der Waals surface area contributed by atoms with Crippen molar-refractivity contribution in [1.29, 1.82) is 0 Å². The average molecular weight is 241 g/mol. The van der Waals surface area contributed by atoms with Crippen LogP contribution in [0, 0.1) is 5.21 Å². The summed E-state index contributed by atoms with van der Waals surface area (Å²) in [5.41, 5.74) is 1.34. The van der Waals surface area contributed by atoms with Crippen LogP contribution in [-0.4, -0.2) is 22.0 Å². The monoisotopic (exact) mass is 241 g/mol. The minimum absolute atomic E-state index is 0.159. The maximum Gasteiger partial charge on any atom is 0.335 e. The molecule has 0 atom stereocenters. The van der Waals surface area contributed by atoms with Crippen LogP contribution < -0.4 is 0 Å². The van der Waals surface area contributed by atoms with Crippen LogP contribution in [0.3, 0.4) is 0 Å². The second kappa shape index (κ2) is 5.14. The molecule has 0 spiro atoms. The van der Waals surface area contributed by atoms with Gasteiger partial charge in [-0.15, -0.1) is 0 Å². The van der Waals surface area contributed by atoms with Gasteiger partial charge in [0.1, 0.15) is 0 Å². The molecule has 0 aromatic heterocycles. The van der Waals surface area contributed by atoms with Gasteiger partial charge in [-0.3, -0.25) is 0 Å². The van der Waals surface area contributed by atoms with Crippen LogP contribution in [-0.2, 0) is 0 Å². The Labute approximate surface area is 104 Å². The Morgan fingerprint density at radius 1 is 1.06 bits per heavy atom. The average Bonchev–Trinajstić information content (AvgIpc) is 2.40. The molecule has 0 bridgehead atoms.